The van der Waals surface area contributed by atoms with Crippen LogP contribution in [-0.4, -0.2) is 21.4 Å². The summed E-state index contributed by atoms with van der Waals surface area (Å²) in [6.07, 6.45) is 7.95. The molecule has 0 saturated heterocycles. The zero-order chi connectivity index (χ0) is 12.8. The first kappa shape index (κ1) is 12.3. The SMILES string of the molecule is C#CCOC(Cn1cncn1)c1ccc(F)cc1. The Labute approximate surface area is 104 Å². The fourth-order valence-electron chi connectivity index (χ4n) is 1.58. The van der Waals surface area contributed by atoms with Gasteiger partial charge in [0.1, 0.15) is 31.2 Å². The first-order chi connectivity index (χ1) is 8.79. The van der Waals surface area contributed by atoms with Crippen molar-refractivity contribution in [2.75, 3.05) is 6.61 Å². The molecule has 0 amide bonds. The Kier molecular flexibility index (Phi) is 4.05. The maximum absolute atomic E-state index is 12.9. The molecule has 0 N–H and O–H groups in total. The molecule has 0 aliphatic heterocycles. The number of terminal acetylenes is 1. The van der Waals surface area contributed by atoms with Gasteiger partial charge >= 0.3 is 0 Å². The highest BCUT2D eigenvalue weighted by Crippen LogP contribution is 2.19. The lowest BCUT2D eigenvalue weighted by molar-refractivity contribution is 0.0612. The van der Waals surface area contributed by atoms with Crippen molar-refractivity contribution in [1.82, 2.24) is 14.8 Å². The van der Waals surface area contributed by atoms with Gasteiger partial charge in [0.2, 0.25) is 0 Å². The zero-order valence-corrected chi connectivity index (χ0v) is 9.66. The lowest BCUT2D eigenvalue weighted by atomic mass is 10.1. The molecule has 1 atom stereocenters. The highest BCUT2D eigenvalue weighted by molar-refractivity contribution is 5.18. The number of aromatic nitrogens is 3. The minimum absolute atomic E-state index is 0.191. The van der Waals surface area contributed by atoms with E-state index in [0.29, 0.717) is 6.54 Å². The van der Waals surface area contributed by atoms with E-state index >= 15 is 0 Å². The topological polar surface area (TPSA) is 39.9 Å². The predicted octanol–water partition coefficient (Wildman–Crippen LogP) is 1.81. The summed E-state index contributed by atoms with van der Waals surface area (Å²) in [5, 5.41) is 4.01. The number of hydrogen-bond donors (Lipinski definition) is 0. The van der Waals surface area contributed by atoms with Gasteiger partial charge in [-0.2, -0.15) is 5.10 Å². The van der Waals surface area contributed by atoms with E-state index < -0.39 is 0 Å². The van der Waals surface area contributed by atoms with Crippen molar-refractivity contribution in [3.05, 3.63) is 48.3 Å². The van der Waals surface area contributed by atoms with Crippen molar-refractivity contribution in [3.63, 3.8) is 0 Å². The van der Waals surface area contributed by atoms with Crippen molar-refractivity contribution >= 4 is 0 Å². The molecule has 1 aromatic carbocycles. The summed E-state index contributed by atoms with van der Waals surface area (Å²) < 4.78 is 20.1. The Morgan fingerprint density at radius 2 is 2.17 bits per heavy atom. The van der Waals surface area contributed by atoms with E-state index in [1.165, 1.54) is 18.5 Å². The van der Waals surface area contributed by atoms with E-state index in [1.54, 1.807) is 23.1 Å². The fourth-order valence-corrected chi connectivity index (χ4v) is 1.58. The third-order valence-corrected chi connectivity index (χ3v) is 2.43. The number of halogens is 1. The van der Waals surface area contributed by atoms with Gasteiger partial charge in [0.15, 0.2) is 0 Å². The molecular weight excluding hydrogens is 233 g/mol. The lowest BCUT2D eigenvalue weighted by Crippen LogP contribution is -2.13. The molecule has 2 rings (SSSR count). The van der Waals surface area contributed by atoms with Crippen molar-refractivity contribution in [3.8, 4) is 12.3 Å². The van der Waals surface area contributed by atoms with E-state index in [1.807, 2.05) is 0 Å². The molecule has 1 aromatic heterocycles. The molecular formula is C13H12FN3O. The summed E-state index contributed by atoms with van der Waals surface area (Å²) in [4.78, 5) is 3.86. The molecule has 1 unspecified atom stereocenters. The molecule has 18 heavy (non-hydrogen) atoms. The highest BCUT2D eigenvalue weighted by Gasteiger charge is 2.13. The van der Waals surface area contributed by atoms with E-state index in [2.05, 4.69) is 16.0 Å². The minimum Gasteiger partial charge on any atom is -0.359 e. The Morgan fingerprint density at radius 1 is 1.39 bits per heavy atom. The quantitative estimate of drug-likeness (QED) is 0.754. The van der Waals surface area contributed by atoms with Crippen LogP contribution in [0.3, 0.4) is 0 Å². The third kappa shape index (κ3) is 3.15. The van der Waals surface area contributed by atoms with Crippen LogP contribution in [0.2, 0.25) is 0 Å². The molecule has 0 saturated carbocycles. The Morgan fingerprint density at radius 3 is 2.78 bits per heavy atom. The number of benzene rings is 1. The maximum Gasteiger partial charge on any atom is 0.137 e. The minimum atomic E-state index is -0.282. The summed E-state index contributed by atoms with van der Waals surface area (Å²) in [5.74, 6) is 2.14. The van der Waals surface area contributed by atoms with Crippen LogP contribution in [0, 0.1) is 18.2 Å². The normalized spacial score (nSPS) is 12.0. The standard InChI is InChI=1S/C13H12FN3O/c1-2-7-18-13(8-17-10-15-9-16-17)11-3-5-12(14)6-4-11/h1,3-6,9-10,13H,7-8H2. The first-order valence-electron chi connectivity index (χ1n) is 5.42. The second-order valence-corrected chi connectivity index (χ2v) is 3.67. The molecule has 0 fully saturated rings. The molecule has 5 heteroatoms. The van der Waals surface area contributed by atoms with Crippen LogP contribution < -0.4 is 0 Å². The van der Waals surface area contributed by atoms with Gasteiger partial charge in [-0.3, -0.25) is 4.68 Å². The van der Waals surface area contributed by atoms with Gasteiger partial charge in [0.05, 0.1) is 6.54 Å². The summed E-state index contributed by atoms with van der Waals surface area (Å²) >= 11 is 0. The van der Waals surface area contributed by atoms with Crippen LogP contribution in [0.25, 0.3) is 0 Å². The Balaban J connectivity index is 2.14. The predicted molar refractivity (Wildman–Crippen MR) is 63.9 cm³/mol. The summed E-state index contributed by atoms with van der Waals surface area (Å²) in [5.41, 5.74) is 0.849. The van der Waals surface area contributed by atoms with Gasteiger partial charge in [-0.1, -0.05) is 18.1 Å². The van der Waals surface area contributed by atoms with Crippen molar-refractivity contribution in [2.45, 2.75) is 12.6 Å². The second kappa shape index (κ2) is 5.94. The Bertz CT molecular complexity index is 516. The summed E-state index contributed by atoms with van der Waals surface area (Å²) in [7, 11) is 0. The van der Waals surface area contributed by atoms with Gasteiger partial charge < -0.3 is 4.74 Å². The molecule has 0 bridgehead atoms. The molecule has 92 valence electrons. The lowest BCUT2D eigenvalue weighted by Gasteiger charge is -2.16. The van der Waals surface area contributed by atoms with Gasteiger partial charge in [-0.25, -0.2) is 9.37 Å². The number of ether oxygens (including phenoxy) is 1. The highest BCUT2D eigenvalue weighted by atomic mass is 19.1. The molecule has 0 aliphatic rings. The van der Waals surface area contributed by atoms with E-state index in [-0.39, 0.29) is 18.5 Å². The van der Waals surface area contributed by atoms with E-state index in [9.17, 15) is 4.39 Å². The monoisotopic (exact) mass is 245 g/mol. The van der Waals surface area contributed by atoms with Crippen LogP contribution in [0.4, 0.5) is 4.39 Å². The third-order valence-electron chi connectivity index (χ3n) is 2.43. The van der Waals surface area contributed by atoms with Gasteiger partial charge in [0, 0.05) is 0 Å². The Hall–Kier alpha value is -2.19. The molecule has 0 aliphatic carbocycles. The average Bonchev–Trinajstić information content (AvgIpc) is 2.88. The average molecular weight is 245 g/mol. The molecule has 1 heterocycles. The van der Waals surface area contributed by atoms with Gasteiger partial charge in [0.25, 0.3) is 0 Å². The van der Waals surface area contributed by atoms with E-state index in [4.69, 9.17) is 11.2 Å². The molecule has 4 nitrogen and oxygen atoms in total. The van der Waals surface area contributed by atoms with E-state index in [0.717, 1.165) is 5.56 Å². The molecule has 0 spiro atoms. The van der Waals surface area contributed by atoms with Crippen LogP contribution >= 0.6 is 0 Å². The van der Waals surface area contributed by atoms with Crippen molar-refractivity contribution in [2.24, 2.45) is 0 Å². The largest absolute Gasteiger partial charge is 0.359 e. The second-order valence-electron chi connectivity index (χ2n) is 3.67. The number of rotatable bonds is 5. The van der Waals surface area contributed by atoms with Gasteiger partial charge in [-0.05, 0) is 17.7 Å². The smallest absolute Gasteiger partial charge is 0.137 e. The molecule has 2 aromatic rings. The number of nitrogens with zero attached hydrogens (tertiary/aromatic N) is 3. The molecule has 0 radical (unpaired) electrons. The summed E-state index contributed by atoms with van der Waals surface area (Å²) in [6.45, 7) is 0.671. The number of hydrogen-bond acceptors (Lipinski definition) is 3. The van der Waals surface area contributed by atoms with Crippen molar-refractivity contribution in [1.29, 1.82) is 0 Å². The zero-order valence-electron chi connectivity index (χ0n) is 9.66. The van der Waals surface area contributed by atoms with Gasteiger partial charge in [-0.15, -0.1) is 6.42 Å². The van der Waals surface area contributed by atoms with Crippen LogP contribution in [0.5, 0.6) is 0 Å². The van der Waals surface area contributed by atoms with Crippen molar-refractivity contribution < 1.29 is 9.13 Å². The van der Waals surface area contributed by atoms with Crippen LogP contribution in [0.1, 0.15) is 11.7 Å². The summed E-state index contributed by atoms with van der Waals surface area (Å²) in [6, 6.07) is 6.13. The fraction of sp³-hybridized carbons (Fsp3) is 0.231. The first-order valence-corrected chi connectivity index (χ1v) is 5.42. The maximum atomic E-state index is 12.9. The van der Waals surface area contributed by atoms with Crippen LogP contribution in [-0.2, 0) is 11.3 Å². The van der Waals surface area contributed by atoms with Crippen LogP contribution in [0.15, 0.2) is 36.9 Å².